The molecular formula is C19H14BrNO5S2. The Kier molecular flexibility index (Phi) is 5.22. The van der Waals surface area contributed by atoms with Crippen molar-refractivity contribution in [1.29, 1.82) is 0 Å². The molecule has 144 valence electrons. The van der Waals surface area contributed by atoms with Gasteiger partial charge in [-0.05, 0) is 42.8 Å². The maximum absolute atomic E-state index is 13.0. The summed E-state index contributed by atoms with van der Waals surface area (Å²) >= 11 is 10.0. The number of fused-ring (bicyclic) bond motifs is 1. The average Bonchev–Trinajstić information content (AvgIpc) is 3.23. The molecule has 1 saturated heterocycles. The summed E-state index contributed by atoms with van der Waals surface area (Å²) in [5, 5.41) is 9.97. The van der Waals surface area contributed by atoms with Crippen LogP contribution in [0.25, 0.3) is 6.08 Å². The Hall–Kier alpha value is -2.23. The van der Waals surface area contributed by atoms with Crippen LogP contribution in [0.15, 0.2) is 39.7 Å². The lowest BCUT2D eigenvalue weighted by atomic mass is 10.1. The lowest BCUT2D eigenvalue weighted by molar-refractivity contribution is -0.113. The molecule has 0 unspecified atom stereocenters. The van der Waals surface area contributed by atoms with Gasteiger partial charge in [0.1, 0.15) is 0 Å². The van der Waals surface area contributed by atoms with Gasteiger partial charge < -0.3 is 19.3 Å². The van der Waals surface area contributed by atoms with Crippen molar-refractivity contribution < 1.29 is 24.1 Å². The second-order valence-corrected chi connectivity index (χ2v) is 8.36. The molecule has 2 aliphatic heterocycles. The van der Waals surface area contributed by atoms with E-state index in [-0.39, 0.29) is 18.4 Å². The third kappa shape index (κ3) is 3.45. The van der Waals surface area contributed by atoms with Gasteiger partial charge in [-0.3, -0.25) is 9.69 Å². The van der Waals surface area contributed by atoms with Gasteiger partial charge >= 0.3 is 0 Å². The Bertz CT molecular complexity index is 1020. The zero-order valence-corrected chi connectivity index (χ0v) is 17.8. The first-order valence-electron chi connectivity index (χ1n) is 8.31. The summed E-state index contributed by atoms with van der Waals surface area (Å²) in [7, 11) is 0. The van der Waals surface area contributed by atoms with Gasteiger partial charge in [0.2, 0.25) is 6.79 Å². The summed E-state index contributed by atoms with van der Waals surface area (Å²) in [6, 6.07) is 8.47. The molecule has 0 saturated carbocycles. The number of rotatable bonds is 4. The van der Waals surface area contributed by atoms with Crippen molar-refractivity contribution in [2.75, 3.05) is 18.3 Å². The minimum Gasteiger partial charge on any atom is -0.504 e. The van der Waals surface area contributed by atoms with E-state index in [4.69, 9.17) is 26.4 Å². The number of nitrogens with zero attached hydrogens (tertiary/aromatic N) is 1. The molecule has 0 atom stereocenters. The number of phenols is 1. The standard InChI is InChI=1S/C19H14BrNO5S2/c1-2-24-15-5-10(12(20)8-13(15)22)6-17-18(23)21(19(27)28-17)11-3-4-14-16(7-11)26-9-25-14/h3-8,22H,2,9H2,1H3/b17-6-. The fraction of sp³-hybridized carbons (Fsp3) is 0.158. The summed E-state index contributed by atoms with van der Waals surface area (Å²) in [5.41, 5.74) is 1.32. The van der Waals surface area contributed by atoms with E-state index in [1.165, 1.54) is 22.7 Å². The van der Waals surface area contributed by atoms with Crippen molar-refractivity contribution in [3.63, 3.8) is 0 Å². The van der Waals surface area contributed by atoms with Crippen LogP contribution in [0.5, 0.6) is 23.0 Å². The first-order valence-corrected chi connectivity index (χ1v) is 10.3. The monoisotopic (exact) mass is 479 g/mol. The second-order valence-electron chi connectivity index (χ2n) is 5.83. The predicted octanol–water partition coefficient (Wildman–Crippen LogP) is 4.69. The molecular weight excluding hydrogens is 466 g/mol. The topological polar surface area (TPSA) is 68.2 Å². The van der Waals surface area contributed by atoms with Crippen molar-refractivity contribution in [3.8, 4) is 23.0 Å². The maximum atomic E-state index is 13.0. The molecule has 2 aliphatic rings. The maximum Gasteiger partial charge on any atom is 0.270 e. The zero-order valence-electron chi connectivity index (χ0n) is 14.6. The third-order valence-electron chi connectivity index (χ3n) is 4.07. The van der Waals surface area contributed by atoms with Crippen molar-refractivity contribution >= 4 is 61.9 Å². The van der Waals surface area contributed by atoms with Crippen LogP contribution in [0, 0.1) is 0 Å². The van der Waals surface area contributed by atoms with Crippen molar-refractivity contribution in [2.45, 2.75) is 6.92 Å². The Labute approximate surface area is 179 Å². The number of carbonyl (C=O) groups is 1. The van der Waals surface area contributed by atoms with E-state index in [0.717, 1.165) is 0 Å². The van der Waals surface area contributed by atoms with Crippen LogP contribution in [0.2, 0.25) is 0 Å². The van der Waals surface area contributed by atoms with E-state index < -0.39 is 0 Å². The van der Waals surface area contributed by atoms with Crippen LogP contribution >= 0.6 is 39.9 Å². The van der Waals surface area contributed by atoms with E-state index in [9.17, 15) is 9.90 Å². The van der Waals surface area contributed by atoms with Gasteiger partial charge in [0.05, 0.1) is 17.2 Å². The fourth-order valence-corrected chi connectivity index (χ4v) is 4.53. The van der Waals surface area contributed by atoms with Gasteiger partial charge in [-0.2, -0.15) is 0 Å². The molecule has 1 fully saturated rings. The van der Waals surface area contributed by atoms with Crippen LogP contribution in [0.1, 0.15) is 12.5 Å². The zero-order chi connectivity index (χ0) is 19.8. The van der Waals surface area contributed by atoms with Gasteiger partial charge in [-0.15, -0.1) is 0 Å². The normalized spacial score (nSPS) is 16.9. The number of halogens is 1. The molecule has 0 spiro atoms. The molecule has 1 N–H and O–H groups in total. The largest absolute Gasteiger partial charge is 0.504 e. The summed E-state index contributed by atoms with van der Waals surface area (Å²) in [5.74, 6) is 1.37. The lowest BCUT2D eigenvalue weighted by Crippen LogP contribution is -2.27. The van der Waals surface area contributed by atoms with Crippen molar-refractivity contribution in [3.05, 3.63) is 45.3 Å². The highest BCUT2D eigenvalue weighted by Gasteiger charge is 2.34. The second kappa shape index (κ2) is 7.65. The lowest BCUT2D eigenvalue weighted by Gasteiger charge is -2.14. The van der Waals surface area contributed by atoms with Crippen molar-refractivity contribution in [2.24, 2.45) is 0 Å². The van der Waals surface area contributed by atoms with Crippen LogP contribution < -0.4 is 19.1 Å². The smallest absolute Gasteiger partial charge is 0.270 e. The molecule has 0 aromatic heterocycles. The van der Waals surface area contributed by atoms with Crippen molar-refractivity contribution in [1.82, 2.24) is 0 Å². The quantitative estimate of drug-likeness (QED) is 0.503. The summed E-state index contributed by atoms with van der Waals surface area (Å²) < 4.78 is 17.2. The molecule has 0 bridgehead atoms. The summed E-state index contributed by atoms with van der Waals surface area (Å²) in [6.07, 6.45) is 1.72. The number of ether oxygens (including phenoxy) is 3. The Morgan fingerprint density at radius 1 is 1.32 bits per heavy atom. The van der Waals surface area contributed by atoms with E-state index in [1.807, 2.05) is 6.92 Å². The highest BCUT2D eigenvalue weighted by molar-refractivity contribution is 9.10. The molecule has 28 heavy (non-hydrogen) atoms. The molecule has 1 amide bonds. The van der Waals surface area contributed by atoms with Gasteiger partial charge in [0, 0.05) is 10.5 Å². The number of hydrogen-bond acceptors (Lipinski definition) is 7. The number of carbonyl (C=O) groups excluding carboxylic acids is 1. The third-order valence-corrected chi connectivity index (χ3v) is 6.06. The Morgan fingerprint density at radius 3 is 2.89 bits per heavy atom. The Morgan fingerprint density at radius 2 is 2.11 bits per heavy atom. The first kappa shape index (κ1) is 19.1. The number of phenolic OH excluding ortho intramolecular Hbond substituents is 1. The first-order chi connectivity index (χ1) is 13.5. The molecule has 9 heteroatoms. The van der Waals surface area contributed by atoms with Gasteiger partial charge in [0.15, 0.2) is 27.3 Å². The van der Waals surface area contributed by atoms with Gasteiger partial charge in [-0.1, -0.05) is 39.9 Å². The minimum atomic E-state index is -0.230. The number of thiocarbonyl (C=S) groups is 1. The number of amides is 1. The molecule has 2 aromatic carbocycles. The fourth-order valence-electron chi connectivity index (χ4n) is 2.80. The van der Waals surface area contributed by atoms with E-state index >= 15 is 0 Å². The summed E-state index contributed by atoms with van der Waals surface area (Å²) in [4.78, 5) is 14.9. The number of hydrogen-bond donors (Lipinski definition) is 1. The molecule has 4 rings (SSSR count). The van der Waals surface area contributed by atoms with Gasteiger partial charge in [-0.25, -0.2) is 0 Å². The number of anilines is 1. The van der Waals surface area contributed by atoms with Crippen LogP contribution in [-0.4, -0.2) is 28.7 Å². The van der Waals surface area contributed by atoms with E-state index in [1.54, 1.807) is 30.3 Å². The number of aromatic hydroxyl groups is 1. The van der Waals surface area contributed by atoms with Crippen LogP contribution in [-0.2, 0) is 4.79 Å². The molecule has 6 nitrogen and oxygen atoms in total. The number of thioether (sulfide) groups is 1. The van der Waals surface area contributed by atoms with Gasteiger partial charge in [0.25, 0.3) is 5.91 Å². The predicted molar refractivity (Wildman–Crippen MR) is 115 cm³/mol. The molecule has 0 aliphatic carbocycles. The minimum absolute atomic E-state index is 0.0267. The molecule has 0 radical (unpaired) electrons. The Balaban J connectivity index is 1.67. The van der Waals surface area contributed by atoms with E-state index in [0.29, 0.717) is 48.8 Å². The van der Waals surface area contributed by atoms with Crippen LogP contribution in [0.4, 0.5) is 5.69 Å². The van der Waals surface area contributed by atoms with E-state index in [2.05, 4.69) is 15.9 Å². The molecule has 2 aromatic rings. The van der Waals surface area contributed by atoms with Crippen LogP contribution in [0.3, 0.4) is 0 Å². The number of benzene rings is 2. The SMILES string of the molecule is CCOc1cc(/C=C2\SC(=S)N(c3ccc4c(c3)OCO4)C2=O)c(Br)cc1O. The molecule has 2 heterocycles. The highest BCUT2D eigenvalue weighted by Crippen LogP contribution is 2.42. The highest BCUT2D eigenvalue weighted by atomic mass is 79.9. The summed E-state index contributed by atoms with van der Waals surface area (Å²) in [6.45, 7) is 2.41. The average molecular weight is 480 g/mol.